The van der Waals surface area contributed by atoms with Gasteiger partial charge in [0.1, 0.15) is 11.5 Å². The van der Waals surface area contributed by atoms with Crippen LogP contribution in [0, 0.1) is 6.92 Å². The maximum absolute atomic E-state index is 6.29. The van der Waals surface area contributed by atoms with E-state index in [4.69, 9.17) is 10.7 Å². The Morgan fingerprint density at radius 2 is 1.91 bits per heavy atom. The lowest BCUT2D eigenvalue weighted by atomic mass is 10.0. The lowest BCUT2D eigenvalue weighted by Crippen LogP contribution is -2.43. The van der Waals surface area contributed by atoms with E-state index in [1.54, 1.807) is 12.4 Å². The monoisotopic (exact) mass is 426 g/mol. The van der Waals surface area contributed by atoms with Crippen LogP contribution in [0.3, 0.4) is 0 Å². The van der Waals surface area contributed by atoms with Gasteiger partial charge in [-0.1, -0.05) is 6.07 Å². The van der Waals surface area contributed by atoms with Gasteiger partial charge in [-0.2, -0.15) is 5.10 Å². The molecule has 4 aromatic rings. The average molecular weight is 427 g/mol. The summed E-state index contributed by atoms with van der Waals surface area (Å²) in [5.74, 6) is 2.50. The van der Waals surface area contributed by atoms with Gasteiger partial charge in [0.25, 0.3) is 0 Å². The highest BCUT2D eigenvalue weighted by molar-refractivity contribution is 5.82. The minimum absolute atomic E-state index is 0.205. The third-order valence-electron chi connectivity index (χ3n) is 6.35. The molecule has 6 rings (SSSR count). The number of nitrogens with zero attached hydrogens (tertiary/aromatic N) is 7. The van der Waals surface area contributed by atoms with E-state index in [2.05, 4.69) is 37.1 Å². The highest BCUT2D eigenvalue weighted by Crippen LogP contribution is 2.44. The van der Waals surface area contributed by atoms with Gasteiger partial charge in [0.2, 0.25) is 0 Å². The van der Waals surface area contributed by atoms with Crippen molar-refractivity contribution < 1.29 is 0 Å². The molecule has 1 saturated carbocycles. The standard InChI is InChI=1S/C24H26N8/c1-15-10-26-13-21(29-15)20-9-22-17(11-27-20)12-28-32(22)23-7-6-19(16-4-5-16)24(30-23)31-8-2-3-18(25)14-31/h6-7,9-13,16,18H,2-5,8,14,25H2,1H3/t18-/m0/s1. The van der Waals surface area contributed by atoms with Crippen LogP contribution in [0.2, 0.25) is 0 Å². The number of anilines is 1. The zero-order chi connectivity index (χ0) is 21.7. The van der Waals surface area contributed by atoms with Crippen molar-refractivity contribution >= 4 is 16.7 Å². The molecule has 4 aromatic heterocycles. The Morgan fingerprint density at radius 1 is 1.00 bits per heavy atom. The van der Waals surface area contributed by atoms with Crippen molar-refractivity contribution in [2.24, 2.45) is 5.73 Å². The van der Waals surface area contributed by atoms with Crippen molar-refractivity contribution in [2.75, 3.05) is 18.0 Å². The van der Waals surface area contributed by atoms with Crippen molar-refractivity contribution in [3.63, 3.8) is 0 Å². The van der Waals surface area contributed by atoms with Crippen LogP contribution in [-0.4, -0.2) is 48.8 Å². The highest BCUT2D eigenvalue weighted by atomic mass is 15.3. The van der Waals surface area contributed by atoms with Crippen molar-refractivity contribution in [2.45, 2.75) is 44.6 Å². The van der Waals surface area contributed by atoms with Gasteiger partial charge >= 0.3 is 0 Å². The molecule has 2 aliphatic rings. The Hall–Kier alpha value is -3.39. The fourth-order valence-electron chi connectivity index (χ4n) is 4.57. The second-order valence-electron chi connectivity index (χ2n) is 8.94. The average Bonchev–Trinajstić information content (AvgIpc) is 3.57. The fraction of sp³-hybridized carbons (Fsp3) is 0.375. The molecular formula is C24H26N8. The summed E-state index contributed by atoms with van der Waals surface area (Å²) in [6, 6.07) is 6.53. The number of rotatable bonds is 4. The fourth-order valence-corrected chi connectivity index (χ4v) is 4.57. The van der Waals surface area contributed by atoms with Crippen LogP contribution in [0.1, 0.15) is 42.9 Å². The molecule has 0 amide bonds. The first-order chi connectivity index (χ1) is 15.7. The zero-order valence-corrected chi connectivity index (χ0v) is 18.1. The molecule has 1 saturated heterocycles. The normalized spacial score (nSPS) is 18.9. The van der Waals surface area contributed by atoms with Gasteiger partial charge in [-0.3, -0.25) is 9.97 Å². The summed E-state index contributed by atoms with van der Waals surface area (Å²) in [5, 5.41) is 5.61. The molecule has 162 valence electrons. The van der Waals surface area contributed by atoms with Gasteiger partial charge in [-0.25, -0.2) is 14.6 Å². The minimum Gasteiger partial charge on any atom is -0.355 e. The van der Waals surface area contributed by atoms with Crippen molar-refractivity contribution in [3.05, 3.63) is 54.2 Å². The van der Waals surface area contributed by atoms with E-state index in [0.717, 1.165) is 65.6 Å². The van der Waals surface area contributed by atoms with E-state index in [1.807, 2.05) is 30.1 Å². The molecule has 2 fully saturated rings. The topological polar surface area (TPSA) is 98.6 Å². The molecule has 1 aliphatic carbocycles. The predicted molar refractivity (Wildman–Crippen MR) is 124 cm³/mol. The molecule has 1 atom stereocenters. The first kappa shape index (κ1) is 19.3. The van der Waals surface area contributed by atoms with E-state index in [1.165, 1.54) is 18.4 Å². The molecule has 0 spiro atoms. The molecule has 32 heavy (non-hydrogen) atoms. The third kappa shape index (κ3) is 3.50. The molecule has 0 radical (unpaired) electrons. The Kier molecular flexibility index (Phi) is 4.61. The summed E-state index contributed by atoms with van der Waals surface area (Å²) in [5.41, 5.74) is 11.0. The number of aromatic nitrogens is 6. The van der Waals surface area contributed by atoms with Crippen LogP contribution in [-0.2, 0) is 0 Å². The van der Waals surface area contributed by atoms with Gasteiger partial charge < -0.3 is 10.6 Å². The Morgan fingerprint density at radius 3 is 2.72 bits per heavy atom. The molecule has 0 bridgehead atoms. The van der Waals surface area contributed by atoms with Crippen LogP contribution < -0.4 is 10.6 Å². The second kappa shape index (κ2) is 7.63. The van der Waals surface area contributed by atoms with Gasteiger partial charge in [0, 0.05) is 36.9 Å². The van der Waals surface area contributed by atoms with Crippen LogP contribution in [0.15, 0.2) is 43.0 Å². The molecule has 1 aliphatic heterocycles. The first-order valence-corrected chi connectivity index (χ1v) is 11.3. The van der Waals surface area contributed by atoms with Crippen LogP contribution >= 0.6 is 0 Å². The van der Waals surface area contributed by atoms with Crippen molar-refractivity contribution in [1.82, 2.24) is 29.7 Å². The number of aryl methyl sites for hydroxylation is 1. The largest absolute Gasteiger partial charge is 0.355 e. The van der Waals surface area contributed by atoms with E-state index < -0.39 is 0 Å². The SMILES string of the molecule is Cc1cncc(-c2cc3c(cn2)cnn3-c2ccc(C3CC3)c(N3CCC[C@H](N)C3)n2)n1. The van der Waals surface area contributed by atoms with E-state index in [9.17, 15) is 0 Å². The summed E-state index contributed by atoms with van der Waals surface area (Å²) in [6.45, 7) is 3.79. The van der Waals surface area contributed by atoms with E-state index >= 15 is 0 Å². The van der Waals surface area contributed by atoms with Gasteiger partial charge in [-0.15, -0.1) is 0 Å². The third-order valence-corrected chi connectivity index (χ3v) is 6.35. The number of piperidine rings is 1. The first-order valence-electron chi connectivity index (χ1n) is 11.3. The van der Waals surface area contributed by atoms with Gasteiger partial charge in [0.15, 0.2) is 5.82 Å². The predicted octanol–water partition coefficient (Wildman–Crippen LogP) is 3.39. The second-order valence-corrected chi connectivity index (χ2v) is 8.94. The summed E-state index contributed by atoms with van der Waals surface area (Å²) in [7, 11) is 0. The molecule has 2 N–H and O–H groups in total. The number of hydrogen-bond acceptors (Lipinski definition) is 7. The molecular weight excluding hydrogens is 400 g/mol. The van der Waals surface area contributed by atoms with Crippen LogP contribution in [0.5, 0.6) is 0 Å². The number of hydrogen-bond donors (Lipinski definition) is 1. The smallest absolute Gasteiger partial charge is 0.156 e. The van der Waals surface area contributed by atoms with Crippen molar-refractivity contribution in [3.8, 4) is 17.2 Å². The maximum Gasteiger partial charge on any atom is 0.156 e. The summed E-state index contributed by atoms with van der Waals surface area (Å²) in [6.07, 6.45) is 11.8. The molecule has 0 unspecified atom stereocenters. The Balaban J connectivity index is 1.44. The Labute approximate surface area is 186 Å². The number of fused-ring (bicyclic) bond motifs is 1. The lowest BCUT2D eigenvalue weighted by molar-refractivity contribution is 0.502. The lowest BCUT2D eigenvalue weighted by Gasteiger charge is -2.33. The van der Waals surface area contributed by atoms with E-state index in [0.29, 0.717) is 5.92 Å². The van der Waals surface area contributed by atoms with E-state index in [-0.39, 0.29) is 6.04 Å². The summed E-state index contributed by atoms with van der Waals surface area (Å²) >= 11 is 0. The number of pyridine rings is 2. The quantitative estimate of drug-likeness (QED) is 0.534. The van der Waals surface area contributed by atoms with Gasteiger partial charge in [0.05, 0.1) is 29.3 Å². The van der Waals surface area contributed by atoms with Crippen LogP contribution in [0.25, 0.3) is 28.1 Å². The maximum atomic E-state index is 6.29. The minimum atomic E-state index is 0.205. The molecule has 5 heterocycles. The highest BCUT2D eigenvalue weighted by Gasteiger charge is 2.30. The molecule has 0 aromatic carbocycles. The molecule has 8 nitrogen and oxygen atoms in total. The van der Waals surface area contributed by atoms with Crippen LogP contribution in [0.4, 0.5) is 5.82 Å². The summed E-state index contributed by atoms with van der Waals surface area (Å²) in [4.78, 5) is 20.9. The van der Waals surface area contributed by atoms with Gasteiger partial charge in [-0.05, 0) is 56.2 Å². The summed E-state index contributed by atoms with van der Waals surface area (Å²) < 4.78 is 1.90. The molecule has 8 heteroatoms. The Bertz CT molecular complexity index is 1290. The zero-order valence-electron chi connectivity index (χ0n) is 18.1. The number of nitrogens with two attached hydrogens (primary N) is 1. The van der Waals surface area contributed by atoms with Crippen molar-refractivity contribution in [1.29, 1.82) is 0 Å².